The molecule has 0 heterocycles. The number of hydrogen-bond donors (Lipinski definition) is 2. The van der Waals surface area contributed by atoms with E-state index in [0.717, 1.165) is 22.3 Å². The van der Waals surface area contributed by atoms with E-state index in [0.29, 0.717) is 13.0 Å². The molecule has 2 atom stereocenters. The fourth-order valence-corrected chi connectivity index (χ4v) is 3.74. The van der Waals surface area contributed by atoms with Crippen LogP contribution in [0.2, 0.25) is 0 Å². The first kappa shape index (κ1) is 20.3. The first-order chi connectivity index (χ1) is 13.7. The van der Waals surface area contributed by atoms with Crippen LogP contribution in [0.5, 0.6) is 0 Å². The summed E-state index contributed by atoms with van der Waals surface area (Å²) in [7, 11) is 0. The molecule has 3 aromatic carbocycles. The van der Waals surface area contributed by atoms with Gasteiger partial charge in [-0.1, -0.05) is 90.5 Å². The largest absolute Gasteiger partial charge is 0.396 e. The average Bonchev–Trinajstić information content (AvgIpc) is 2.76. The van der Waals surface area contributed by atoms with Crippen LogP contribution in [0.15, 0.2) is 84.9 Å². The van der Waals surface area contributed by atoms with Crippen LogP contribution in [0, 0.1) is 6.92 Å². The highest BCUT2D eigenvalue weighted by atomic mass is 16.5. The van der Waals surface area contributed by atoms with Crippen molar-refractivity contribution in [1.29, 1.82) is 0 Å². The van der Waals surface area contributed by atoms with Gasteiger partial charge in [-0.05, 0) is 30.0 Å². The Labute approximate surface area is 167 Å². The average molecular weight is 376 g/mol. The summed E-state index contributed by atoms with van der Waals surface area (Å²) >= 11 is 0. The van der Waals surface area contributed by atoms with Crippen LogP contribution >= 0.6 is 0 Å². The lowest BCUT2D eigenvalue weighted by Crippen LogP contribution is -2.41. The lowest BCUT2D eigenvalue weighted by molar-refractivity contribution is -0.116. The molecule has 0 saturated carbocycles. The van der Waals surface area contributed by atoms with Gasteiger partial charge >= 0.3 is 0 Å². The van der Waals surface area contributed by atoms with E-state index in [1.54, 1.807) is 0 Å². The molecule has 0 aliphatic heterocycles. The second-order valence-corrected chi connectivity index (χ2v) is 7.16. The number of aliphatic hydroxyl groups is 2. The Kier molecular flexibility index (Phi) is 6.99. The van der Waals surface area contributed by atoms with E-state index in [4.69, 9.17) is 4.74 Å². The van der Waals surface area contributed by atoms with Crippen molar-refractivity contribution < 1.29 is 14.9 Å². The molecule has 3 heteroatoms. The summed E-state index contributed by atoms with van der Waals surface area (Å²) in [6.45, 7) is 2.26. The number of benzene rings is 3. The summed E-state index contributed by atoms with van der Waals surface area (Å²) in [6, 6.07) is 28.1. The summed E-state index contributed by atoms with van der Waals surface area (Å²) in [6.07, 6.45) is 0.493. The minimum atomic E-state index is -0.951. The van der Waals surface area contributed by atoms with Gasteiger partial charge in [0.1, 0.15) is 5.60 Å². The van der Waals surface area contributed by atoms with Gasteiger partial charge in [-0.15, -0.1) is 0 Å². The fraction of sp³-hybridized carbons (Fsp3) is 0.280. The molecule has 3 aromatic rings. The van der Waals surface area contributed by atoms with Crippen molar-refractivity contribution >= 4 is 0 Å². The molecule has 0 aromatic heterocycles. The number of ether oxygens (including phenoxy) is 1. The highest BCUT2D eigenvalue weighted by Crippen LogP contribution is 2.43. The van der Waals surface area contributed by atoms with E-state index in [9.17, 15) is 10.2 Å². The van der Waals surface area contributed by atoms with E-state index in [2.05, 4.69) is 0 Å². The maximum Gasteiger partial charge on any atom is 0.123 e. The molecule has 0 radical (unpaired) electrons. The number of rotatable bonds is 9. The number of aliphatic hydroxyl groups excluding tert-OH is 2. The van der Waals surface area contributed by atoms with E-state index in [-0.39, 0.29) is 19.1 Å². The third kappa shape index (κ3) is 4.50. The van der Waals surface area contributed by atoms with Crippen molar-refractivity contribution in [2.45, 2.75) is 31.5 Å². The van der Waals surface area contributed by atoms with Gasteiger partial charge in [0, 0.05) is 12.5 Å². The van der Waals surface area contributed by atoms with Crippen LogP contribution in [0.4, 0.5) is 0 Å². The van der Waals surface area contributed by atoms with E-state index < -0.39 is 5.60 Å². The Balaban J connectivity index is 2.06. The van der Waals surface area contributed by atoms with E-state index in [1.165, 1.54) is 0 Å². The van der Waals surface area contributed by atoms with E-state index >= 15 is 0 Å². The fourth-order valence-electron chi connectivity index (χ4n) is 3.74. The molecule has 3 rings (SSSR count). The van der Waals surface area contributed by atoms with Crippen LogP contribution in [0.1, 0.15) is 34.6 Å². The van der Waals surface area contributed by atoms with Crippen LogP contribution in [0.25, 0.3) is 0 Å². The van der Waals surface area contributed by atoms with Gasteiger partial charge in [-0.3, -0.25) is 0 Å². The molecule has 0 fully saturated rings. The van der Waals surface area contributed by atoms with Crippen LogP contribution in [-0.2, 0) is 16.9 Å². The summed E-state index contributed by atoms with van der Waals surface area (Å²) in [4.78, 5) is 0. The van der Waals surface area contributed by atoms with Crippen LogP contribution in [-0.4, -0.2) is 23.4 Å². The van der Waals surface area contributed by atoms with Gasteiger partial charge in [0.05, 0.1) is 13.2 Å². The molecular formula is C25H28O3. The third-order valence-electron chi connectivity index (χ3n) is 5.30. The molecule has 0 bridgehead atoms. The normalized spacial score (nSPS) is 14.4. The monoisotopic (exact) mass is 376 g/mol. The van der Waals surface area contributed by atoms with Gasteiger partial charge in [-0.2, -0.15) is 0 Å². The molecule has 146 valence electrons. The molecule has 2 N–H and O–H groups in total. The highest BCUT2D eigenvalue weighted by molar-refractivity contribution is 5.34. The first-order valence-corrected chi connectivity index (χ1v) is 9.71. The predicted molar refractivity (Wildman–Crippen MR) is 112 cm³/mol. The summed E-state index contributed by atoms with van der Waals surface area (Å²) in [5.41, 5.74) is 3.20. The second kappa shape index (κ2) is 9.65. The smallest absolute Gasteiger partial charge is 0.123 e. The highest BCUT2D eigenvalue weighted by Gasteiger charge is 2.42. The minimum Gasteiger partial charge on any atom is -0.396 e. The standard InChI is InChI=1S/C25H28O3/c1-20-12-14-23(15-13-20)25(19-27,28-18-21-8-4-2-5-9-21)24(16-17-26)22-10-6-3-7-11-22/h2-15,24,26-27H,16-19H2,1H3/t24-,25+/m0/s1. The molecule has 0 amide bonds. The zero-order valence-corrected chi connectivity index (χ0v) is 16.3. The quantitative estimate of drug-likeness (QED) is 0.575. The van der Waals surface area contributed by atoms with Gasteiger partial charge in [0.2, 0.25) is 0 Å². The van der Waals surface area contributed by atoms with E-state index in [1.807, 2.05) is 91.9 Å². The Morgan fingerprint density at radius 1 is 0.821 bits per heavy atom. The summed E-state index contributed by atoms with van der Waals surface area (Å²) in [5, 5.41) is 20.4. The number of hydrogen-bond acceptors (Lipinski definition) is 3. The topological polar surface area (TPSA) is 49.7 Å². The Hall–Kier alpha value is -2.46. The Bertz CT molecular complexity index is 831. The molecule has 0 saturated heterocycles. The molecule has 3 nitrogen and oxygen atoms in total. The van der Waals surface area contributed by atoms with Crippen molar-refractivity contribution in [3.63, 3.8) is 0 Å². The molecular weight excluding hydrogens is 348 g/mol. The van der Waals surface area contributed by atoms with Crippen LogP contribution in [0.3, 0.4) is 0 Å². The SMILES string of the molecule is Cc1ccc([C@@](CO)(OCc2ccccc2)[C@@H](CCO)c2ccccc2)cc1. The summed E-state index contributed by atoms with van der Waals surface area (Å²) < 4.78 is 6.50. The molecule has 0 aliphatic carbocycles. The molecule has 0 spiro atoms. The van der Waals surface area contributed by atoms with Crippen molar-refractivity contribution in [2.75, 3.05) is 13.2 Å². The van der Waals surface area contributed by atoms with Gasteiger partial charge in [0.15, 0.2) is 0 Å². The first-order valence-electron chi connectivity index (χ1n) is 9.71. The minimum absolute atomic E-state index is 0.0157. The number of aryl methyl sites for hydroxylation is 1. The lowest BCUT2D eigenvalue weighted by atomic mass is 9.75. The van der Waals surface area contributed by atoms with Gasteiger partial charge in [0.25, 0.3) is 0 Å². The Morgan fingerprint density at radius 3 is 2.00 bits per heavy atom. The van der Waals surface area contributed by atoms with Crippen molar-refractivity contribution in [2.24, 2.45) is 0 Å². The zero-order valence-electron chi connectivity index (χ0n) is 16.3. The molecule has 28 heavy (non-hydrogen) atoms. The van der Waals surface area contributed by atoms with Crippen molar-refractivity contribution in [3.8, 4) is 0 Å². The van der Waals surface area contributed by atoms with Crippen LogP contribution < -0.4 is 0 Å². The molecule has 0 aliphatic rings. The lowest BCUT2D eigenvalue weighted by Gasteiger charge is -2.40. The maximum absolute atomic E-state index is 10.6. The van der Waals surface area contributed by atoms with Crippen molar-refractivity contribution in [1.82, 2.24) is 0 Å². The Morgan fingerprint density at radius 2 is 1.43 bits per heavy atom. The zero-order chi connectivity index (χ0) is 19.8. The molecule has 0 unspecified atom stereocenters. The van der Waals surface area contributed by atoms with Crippen molar-refractivity contribution in [3.05, 3.63) is 107 Å². The predicted octanol–water partition coefficient (Wildman–Crippen LogP) is 4.57. The summed E-state index contributed by atoms with van der Waals surface area (Å²) in [5.74, 6) is -0.185. The second-order valence-electron chi connectivity index (χ2n) is 7.16. The maximum atomic E-state index is 10.6. The van der Waals surface area contributed by atoms with Gasteiger partial charge < -0.3 is 14.9 Å². The third-order valence-corrected chi connectivity index (χ3v) is 5.30. The van der Waals surface area contributed by atoms with Gasteiger partial charge in [-0.25, -0.2) is 0 Å².